The van der Waals surface area contributed by atoms with Crippen molar-refractivity contribution in [2.45, 2.75) is 80.3 Å². The molecule has 0 N–H and O–H groups in total. The van der Waals surface area contributed by atoms with Crippen molar-refractivity contribution >= 4 is 0 Å². The molecule has 0 aromatic carbocycles. The number of nitrogens with zero attached hydrogens (tertiary/aromatic N) is 4. The second-order valence-corrected chi connectivity index (χ2v) is 7.62. The molecular weight excluding hydrogens is 344 g/mol. The number of hydrogen-bond acceptors (Lipinski definition) is 2. The molecule has 128 valence electrons. The van der Waals surface area contributed by atoms with Gasteiger partial charge in [-0.3, -0.25) is 0 Å². The molecule has 0 aromatic rings. The van der Waals surface area contributed by atoms with Gasteiger partial charge in [-0.2, -0.15) is 26.2 Å². The molecule has 0 bridgehead atoms. The minimum Gasteiger partial charge on any atom is -0.663 e. The average Bonchev–Trinajstić information content (AvgIpc) is 2.29. The predicted octanol–water partition coefficient (Wildman–Crippen LogP) is 5.83. The third-order valence-corrected chi connectivity index (χ3v) is 4.62. The normalized spacial score (nSPS) is 10.4. The maximum Gasteiger partial charge on any atom is -0.0844 e. The van der Waals surface area contributed by atoms with Gasteiger partial charge in [0.2, 0.25) is 0 Å². The Kier molecular flexibility index (Phi) is 20.6. The van der Waals surface area contributed by atoms with E-state index in [4.69, 9.17) is 0 Å². The van der Waals surface area contributed by atoms with Crippen molar-refractivity contribution in [2.75, 3.05) is 26.2 Å². The summed E-state index contributed by atoms with van der Waals surface area (Å²) in [5, 5.41) is 7.94. The molecule has 0 atom stereocenters. The molecule has 0 aliphatic rings. The van der Waals surface area contributed by atoms with Crippen LogP contribution in [0.15, 0.2) is 6.99 Å². The summed E-state index contributed by atoms with van der Waals surface area (Å²) in [6.45, 7) is 24.8. The van der Waals surface area contributed by atoms with Crippen LogP contribution in [0.2, 0.25) is 0 Å². The molecule has 0 rings (SSSR count). The van der Waals surface area contributed by atoms with Crippen LogP contribution in [-0.4, -0.2) is 37.3 Å². The Hall–Kier alpha value is 0.208. The Morgan fingerprint density at radius 3 is 0.952 bits per heavy atom. The Bertz CT molecular complexity index is 230. The molecule has 0 fully saturated rings. The van der Waals surface area contributed by atoms with Gasteiger partial charge in [-0.25, -0.2) is 0 Å². The van der Waals surface area contributed by atoms with Crippen molar-refractivity contribution < 1.29 is 18.2 Å². The number of hydrogen-bond donors (Lipinski definition) is 0. The zero-order chi connectivity index (χ0) is 17.4. The van der Waals surface area contributed by atoms with E-state index in [0.717, 1.165) is 26.2 Å². The predicted molar refractivity (Wildman–Crippen MR) is 93.2 cm³/mol. The van der Waals surface area contributed by atoms with Gasteiger partial charge in [0, 0.05) is 0 Å². The summed E-state index contributed by atoms with van der Waals surface area (Å²) in [4.78, 5) is 0. The first kappa shape index (κ1) is 26.1. The molecule has 4 nitrogen and oxygen atoms in total. The van der Waals surface area contributed by atoms with Gasteiger partial charge in [0.05, 0.1) is 0 Å². The molecule has 0 radical (unpaired) electrons. The van der Waals surface area contributed by atoms with E-state index in [2.05, 4.69) is 59.2 Å². The third-order valence-electron chi connectivity index (χ3n) is 1.52. The molecule has 5 heteroatoms. The van der Waals surface area contributed by atoms with Gasteiger partial charge in [-0.05, 0) is 0 Å². The van der Waals surface area contributed by atoms with Crippen molar-refractivity contribution in [3.63, 3.8) is 0 Å². The van der Waals surface area contributed by atoms with E-state index in [0.29, 0.717) is 0 Å². The zero-order valence-corrected chi connectivity index (χ0v) is 18.0. The second kappa shape index (κ2) is 16.6. The molecule has 0 aromatic heterocycles. The Morgan fingerprint density at radius 1 is 0.619 bits per heavy atom. The molecule has 0 aliphatic heterocycles. The molecule has 0 aliphatic carbocycles. The van der Waals surface area contributed by atoms with E-state index < -0.39 is 18.2 Å². The van der Waals surface area contributed by atoms with Crippen LogP contribution in [0.3, 0.4) is 0 Å². The first-order valence-electron chi connectivity index (χ1n) is 7.91. The molecule has 0 amide bonds. The molecule has 0 unspecified atom stereocenters. The molecule has 0 heterocycles. The molecule has 0 saturated carbocycles. The van der Waals surface area contributed by atoms with Gasteiger partial charge in [0.15, 0.2) is 0 Å². The van der Waals surface area contributed by atoms with Gasteiger partial charge in [-0.1, -0.05) is 27.7 Å². The van der Waals surface area contributed by atoms with Crippen LogP contribution < -0.4 is 0 Å². The van der Waals surface area contributed by atoms with Gasteiger partial charge in [0.1, 0.15) is 0 Å². The Labute approximate surface area is 142 Å². The zero-order valence-electron chi connectivity index (χ0n) is 16.0. The summed E-state index contributed by atoms with van der Waals surface area (Å²) >= 11 is -0.473. The fourth-order valence-electron chi connectivity index (χ4n) is 0.713. The van der Waals surface area contributed by atoms with E-state index in [-0.39, 0.29) is 11.1 Å². The first-order chi connectivity index (χ1) is 9.54. The largest absolute Gasteiger partial charge is 0.663 e. The Morgan fingerprint density at radius 2 is 0.857 bits per heavy atom. The third kappa shape index (κ3) is 45.0. The topological polar surface area (TPSA) is 52.9 Å². The van der Waals surface area contributed by atoms with Gasteiger partial charge in [-0.15, -0.1) is 0 Å². The second-order valence-electron chi connectivity index (χ2n) is 6.32. The summed E-state index contributed by atoms with van der Waals surface area (Å²) in [5.41, 5.74) is 0.216. The van der Waals surface area contributed by atoms with Crippen molar-refractivity contribution in [3.8, 4) is 0 Å². The quantitative estimate of drug-likeness (QED) is 0.549. The fourth-order valence-corrected chi connectivity index (χ4v) is 2.02. The summed E-state index contributed by atoms with van der Waals surface area (Å²) in [6.07, 6.45) is 0. The van der Waals surface area contributed by atoms with Crippen LogP contribution in [0, 0.1) is 0 Å². The molecule has 0 spiro atoms. The van der Waals surface area contributed by atoms with Crippen LogP contribution in [0.25, 0.3) is 10.6 Å². The minimum atomic E-state index is -0.473. The number of rotatable bonds is 4. The van der Waals surface area contributed by atoms with Crippen molar-refractivity contribution in [3.05, 3.63) is 10.6 Å². The maximum atomic E-state index is 4.51. The van der Waals surface area contributed by atoms with Gasteiger partial charge in [0.25, 0.3) is 0 Å². The smallest absolute Gasteiger partial charge is 0.0844 e. The Balaban J connectivity index is -0.000000270. The molecule has 21 heavy (non-hydrogen) atoms. The van der Waals surface area contributed by atoms with Crippen molar-refractivity contribution in [1.29, 1.82) is 0 Å². The summed E-state index contributed by atoms with van der Waals surface area (Å²) < 4.78 is 9.01. The van der Waals surface area contributed by atoms with Crippen LogP contribution in [0.1, 0.15) is 69.2 Å². The standard InChI is InChI=1S/2C4H9N.2C4H10N.Mo/c2*1-4(2,3)5;2*1-3-5-4-2;/h2*1-3H3;2*3-4H2,1-2H3;/q;;2*-1;+2. The minimum absolute atomic E-state index is 0.108. The van der Waals surface area contributed by atoms with Crippen LogP contribution in [0.4, 0.5) is 0 Å². The van der Waals surface area contributed by atoms with E-state index in [1.54, 1.807) is 0 Å². The van der Waals surface area contributed by atoms with Crippen molar-refractivity contribution in [2.24, 2.45) is 6.99 Å². The van der Waals surface area contributed by atoms with Gasteiger partial charge < -0.3 is 10.6 Å². The van der Waals surface area contributed by atoms with E-state index in [1.807, 2.05) is 27.7 Å². The fraction of sp³-hybridized carbons (Fsp3) is 1.00. The van der Waals surface area contributed by atoms with Crippen LogP contribution in [0.5, 0.6) is 0 Å². The van der Waals surface area contributed by atoms with Gasteiger partial charge >= 0.3 is 77.8 Å². The van der Waals surface area contributed by atoms with Crippen LogP contribution >= 0.6 is 0 Å². The first-order valence-corrected chi connectivity index (χ1v) is 9.70. The van der Waals surface area contributed by atoms with Crippen LogP contribution in [-0.2, 0) is 18.2 Å². The average molecular weight is 382 g/mol. The van der Waals surface area contributed by atoms with E-state index >= 15 is 0 Å². The monoisotopic (exact) mass is 384 g/mol. The van der Waals surface area contributed by atoms with E-state index in [9.17, 15) is 0 Å². The summed E-state index contributed by atoms with van der Waals surface area (Å²) in [7, 11) is 0. The summed E-state index contributed by atoms with van der Waals surface area (Å²) in [5.74, 6) is 0. The van der Waals surface area contributed by atoms with Crippen molar-refractivity contribution in [1.82, 2.24) is 0 Å². The maximum absolute atomic E-state index is 4.51. The van der Waals surface area contributed by atoms with E-state index in [1.165, 1.54) is 0 Å². The SMILES string of the molecule is CC(C)(C)[N]=[Mo+2]=[N]C(C)(C)C.CC[N-]CC.CC[N-]CC. The summed E-state index contributed by atoms with van der Waals surface area (Å²) in [6, 6.07) is 0. The molecular formula is C16H38MoN4. The molecule has 0 saturated heterocycles.